The number of imide groups is 1. The van der Waals surface area contributed by atoms with Gasteiger partial charge in [0.1, 0.15) is 0 Å². The Kier molecular flexibility index (Phi) is 4.29. The summed E-state index contributed by atoms with van der Waals surface area (Å²) in [6.45, 7) is 0.0119. The second kappa shape index (κ2) is 5.89. The minimum Gasteiger partial charge on any atom is -0.273 e. The zero-order chi connectivity index (χ0) is 15.0. The van der Waals surface area contributed by atoms with Gasteiger partial charge in [-0.2, -0.15) is 8.42 Å². The first-order valence-electron chi connectivity index (χ1n) is 7.34. The Morgan fingerprint density at radius 2 is 1.86 bits per heavy atom. The Hall–Kier alpha value is -0.600. The SMILES string of the molecule is O=C1CCC(=O)N1SCCOS(=O)(=O)C1CC2CCC1C2. The molecule has 3 atom stereocenters. The number of carbonyl (C=O) groups is 2. The summed E-state index contributed by atoms with van der Waals surface area (Å²) in [5, 5.41) is -0.351. The Balaban J connectivity index is 1.45. The van der Waals surface area contributed by atoms with Gasteiger partial charge in [0.25, 0.3) is 10.1 Å². The van der Waals surface area contributed by atoms with Crippen molar-refractivity contribution in [3.05, 3.63) is 0 Å². The van der Waals surface area contributed by atoms with Crippen molar-refractivity contribution in [2.24, 2.45) is 11.8 Å². The summed E-state index contributed by atoms with van der Waals surface area (Å²) in [4.78, 5) is 22.8. The van der Waals surface area contributed by atoms with Crippen LogP contribution in [0.4, 0.5) is 0 Å². The fraction of sp³-hybridized carbons (Fsp3) is 0.846. The molecule has 3 rings (SSSR count). The summed E-state index contributed by atoms with van der Waals surface area (Å²) >= 11 is 1.04. The van der Waals surface area contributed by atoms with Gasteiger partial charge in [0.2, 0.25) is 11.8 Å². The highest BCUT2D eigenvalue weighted by atomic mass is 32.2. The van der Waals surface area contributed by atoms with E-state index in [1.807, 2.05) is 0 Å². The number of hydrogen-bond donors (Lipinski definition) is 0. The Morgan fingerprint density at radius 1 is 1.14 bits per heavy atom. The predicted molar refractivity (Wildman–Crippen MR) is 77.7 cm³/mol. The molecule has 0 N–H and O–H groups in total. The maximum atomic E-state index is 12.2. The molecule has 1 saturated heterocycles. The van der Waals surface area contributed by atoms with E-state index in [1.54, 1.807) is 0 Å². The van der Waals surface area contributed by atoms with Crippen LogP contribution in [0.1, 0.15) is 38.5 Å². The fourth-order valence-electron chi connectivity index (χ4n) is 3.61. The van der Waals surface area contributed by atoms with Gasteiger partial charge in [-0.1, -0.05) is 6.42 Å². The lowest BCUT2D eigenvalue weighted by atomic mass is 10.0. The summed E-state index contributed by atoms with van der Waals surface area (Å²) in [5.41, 5.74) is 0. The van der Waals surface area contributed by atoms with Crippen LogP contribution in [0, 0.1) is 11.8 Å². The second-order valence-corrected chi connectivity index (χ2v) is 8.80. The Bertz CT molecular complexity index is 531. The number of rotatable bonds is 6. The van der Waals surface area contributed by atoms with Crippen LogP contribution in [0.5, 0.6) is 0 Å². The molecule has 2 saturated carbocycles. The highest BCUT2D eigenvalue weighted by Crippen LogP contribution is 2.47. The summed E-state index contributed by atoms with van der Waals surface area (Å²) in [6, 6.07) is 0. The molecule has 1 aliphatic heterocycles. The highest BCUT2D eigenvalue weighted by molar-refractivity contribution is 7.98. The van der Waals surface area contributed by atoms with Crippen molar-refractivity contribution in [1.82, 2.24) is 4.31 Å². The molecule has 2 bridgehead atoms. The van der Waals surface area contributed by atoms with Gasteiger partial charge < -0.3 is 0 Å². The van der Waals surface area contributed by atoms with Gasteiger partial charge in [-0.25, -0.2) is 4.31 Å². The number of carbonyl (C=O) groups excluding carboxylic acids is 2. The maximum Gasteiger partial charge on any atom is 0.270 e. The van der Waals surface area contributed by atoms with Crippen LogP contribution in [-0.4, -0.2) is 42.1 Å². The average molecular weight is 333 g/mol. The van der Waals surface area contributed by atoms with E-state index >= 15 is 0 Å². The molecule has 0 spiro atoms. The third kappa shape index (κ3) is 3.12. The number of nitrogens with zero attached hydrogens (tertiary/aromatic N) is 1. The Morgan fingerprint density at radius 3 is 2.43 bits per heavy atom. The summed E-state index contributed by atoms with van der Waals surface area (Å²) in [5.74, 6) is 0.682. The molecule has 2 amide bonds. The van der Waals surface area contributed by atoms with Crippen LogP contribution >= 0.6 is 11.9 Å². The van der Waals surface area contributed by atoms with E-state index in [9.17, 15) is 18.0 Å². The van der Waals surface area contributed by atoms with Crippen molar-refractivity contribution in [3.63, 3.8) is 0 Å². The third-order valence-electron chi connectivity index (χ3n) is 4.60. The first kappa shape index (κ1) is 15.3. The first-order chi connectivity index (χ1) is 9.97. The number of hydrogen-bond acceptors (Lipinski definition) is 6. The first-order valence-corrected chi connectivity index (χ1v) is 9.75. The molecule has 118 valence electrons. The fourth-order valence-corrected chi connectivity index (χ4v) is 6.24. The lowest BCUT2D eigenvalue weighted by Crippen LogP contribution is -2.30. The molecule has 0 aromatic carbocycles. The normalized spacial score (nSPS) is 32.4. The van der Waals surface area contributed by atoms with Crippen molar-refractivity contribution in [2.45, 2.75) is 43.8 Å². The molecule has 3 fully saturated rings. The van der Waals surface area contributed by atoms with E-state index in [4.69, 9.17) is 4.18 Å². The monoisotopic (exact) mass is 333 g/mol. The molecule has 6 nitrogen and oxygen atoms in total. The van der Waals surface area contributed by atoms with Crippen molar-refractivity contribution in [1.29, 1.82) is 0 Å². The quantitative estimate of drug-likeness (QED) is 0.316. The molecule has 0 aromatic heterocycles. The molecule has 3 aliphatic rings. The van der Waals surface area contributed by atoms with Crippen molar-refractivity contribution < 1.29 is 22.2 Å². The Labute approximate surface area is 128 Å². The average Bonchev–Trinajstić information content (AvgIpc) is 3.13. The zero-order valence-electron chi connectivity index (χ0n) is 11.7. The second-order valence-electron chi connectivity index (χ2n) is 5.94. The number of fused-ring (bicyclic) bond motifs is 2. The summed E-state index contributed by atoms with van der Waals surface area (Å²) in [7, 11) is -3.52. The van der Waals surface area contributed by atoms with Crippen LogP contribution < -0.4 is 0 Å². The standard InChI is InChI=1S/C13H19NO5S2/c15-12-3-4-13(16)14(12)20-6-5-19-21(17,18)11-8-9-1-2-10(11)7-9/h9-11H,1-8H2. The lowest BCUT2D eigenvalue weighted by molar-refractivity contribution is -0.131. The van der Waals surface area contributed by atoms with Gasteiger partial charge in [-0.3, -0.25) is 13.8 Å². The molecule has 21 heavy (non-hydrogen) atoms. The summed E-state index contributed by atoms with van der Waals surface area (Å²) < 4.78 is 30.6. The lowest BCUT2D eigenvalue weighted by Gasteiger charge is -2.21. The zero-order valence-corrected chi connectivity index (χ0v) is 13.3. The van der Waals surface area contributed by atoms with Crippen LogP contribution in [0.3, 0.4) is 0 Å². The molecular formula is C13H19NO5S2. The van der Waals surface area contributed by atoms with Gasteiger partial charge in [0.05, 0.1) is 11.9 Å². The maximum absolute atomic E-state index is 12.2. The van der Waals surface area contributed by atoms with E-state index in [0.717, 1.165) is 41.9 Å². The molecule has 0 radical (unpaired) electrons. The van der Waals surface area contributed by atoms with E-state index in [2.05, 4.69) is 0 Å². The molecule has 2 aliphatic carbocycles. The smallest absolute Gasteiger partial charge is 0.270 e. The highest BCUT2D eigenvalue weighted by Gasteiger charge is 2.46. The minimum atomic E-state index is -3.52. The van der Waals surface area contributed by atoms with Crippen LogP contribution in [0.15, 0.2) is 0 Å². The molecule has 0 aromatic rings. The van der Waals surface area contributed by atoms with Gasteiger partial charge in [-0.05, 0) is 43.0 Å². The van der Waals surface area contributed by atoms with Crippen LogP contribution in [0.2, 0.25) is 0 Å². The molecular weight excluding hydrogens is 314 g/mol. The third-order valence-corrected chi connectivity index (χ3v) is 7.43. The molecule has 3 unspecified atom stereocenters. The van der Waals surface area contributed by atoms with E-state index in [-0.39, 0.29) is 48.2 Å². The van der Waals surface area contributed by atoms with Crippen molar-refractivity contribution >= 4 is 33.9 Å². The van der Waals surface area contributed by atoms with Crippen LogP contribution in [0.25, 0.3) is 0 Å². The van der Waals surface area contributed by atoms with Gasteiger partial charge in [0.15, 0.2) is 0 Å². The van der Waals surface area contributed by atoms with Crippen molar-refractivity contribution in [2.75, 3.05) is 12.4 Å². The van der Waals surface area contributed by atoms with Crippen LogP contribution in [-0.2, 0) is 23.9 Å². The van der Waals surface area contributed by atoms with Gasteiger partial charge in [0, 0.05) is 18.6 Å². The van der Waals surface area contributed by atoms with Crippen molar-refractivity contribution in [3.8, 4) is 0 Å². The number of amides is 2. The van der Waals surface area contributed by atoms with E-state index in [0.29, 0.717) is 5.92 Å². The topological polar surface area (TPSA) is 80.8 Å². The molecule has 8 heteroatoms. The largest absolute Gasteiger partial charge is 0.273 e. The predicted octanol–water partition coefficient (Wildman–Crippen LogP) is 1.32. The van der Waals surface area contributed by atoms with E-state index < -0.39 is 10.1 Å². The molecule has 1 heterocycles. The van der Waals surface area contributed by atoms with E-state index in [1.165, 1.54) is 0 Å². The minimum absolute atomic E-state index is 0.0119. The van der Waals surface area contributed by atoms with Gasteiger partial charge >= 0.3 is 0 Å². The summed E-state index contributed by atoms with van der Waals surface area (Å²) in [6.07, 6.45) is 4.36. The van der Waals surface area contributed by atoms with Gasteiger partial charge in [-0.15, -0.1) is 0 Å².